The van der Waals surface area contributed by atoms with Gasteiger partial charge in [-0.05, 0) is 24.1 Å². The maximum atomic E-state index is 2.31. The van der Waals surface area contributed by atoms with Gasteiger partial charge in [0.15, 0.2) is 0 Å². The van der Waals surface area contributed by atoms with Gasteiger partial charge < -0.3 is 4.90 Å². The Morgan fingerprint density at radius 1 is 1.36 bits per heavy atom. The van der Waals surface area contributed by atoms with Crippen molar-refractivity contribution < 1.29 is 0 Å². The van der Waals surface area contributed by atoms with Crippen LogP contribution >= 0.6 is 0 Å². The number of aryl methyl sites for hydroxylation is 1. The van der Waals surface area contributed by atoms with Gasteiger partial charge in [0.25, 0.3) is 0 Å². The molecule has 74 valence electrons. The molecular weight excluding hydrogens is 170 g/mol. The van der Waals surface area contributed by atoms with E-state index in [2.05, 4.69) is 50.1 Å². The molecule has 0 N–H and O–H groups in total. The summed E-state index contributed by atoms with van der Waals surface area (Å²) < 4.78 is 0. The summed E-state index contributed by atoms with van der Waals surface area (Å²) in [5, 5.41) is 2.79. The van der Waals surface area contributed by atoms with E-state index in [4.69, 9.17) is 0 Å². The van der Waals surface area contributed by atoms with Crippen molar-refractivity contribution in [2.45, 2.75) is 20.3 Å². The molecule has 0 amide bonds. The lowest BCUT2D eigenvalue weighted by Crippen LogP contribution is -2.37. The number of hydrogen-bond donors (Lipinski definition) is 0. The van der Waals surface area contributed by atoms with Crippen LogP contribution in [0.15, 0.2) is 18.2 Å². The van der Waals surface area contributed by atoms with E-state index in [9.17, 15) is 0 Å². The molecule has 1 aromatic carbocycles. The molecule has 0 radical (unpaired) electrons. The Labute approximate surface area is 85.4 Å². The summed E-state index contributed by atoms with van der Waals surface area (Å²) in [5.41, 5.74) is 2.81. The Balaban J connectivity index is 2.70. The highest BCUT2D eigenvalue weighted by Crippen LogP contribution is 2.02. The van der Waals surface area contributed by atoms with Gasteiger partial charge in [-0.2, -0.15) is 0 Å². The van der Waals surface area contributed by atoms with E-state index in [0.29, 0.717) is 0 Å². The number of fused-ring (bicyclic) bond motifs is 1. The topological polar surface area (TPSA) is 3.24 Å². The second kappa shape index (κ2) is 3.49. The van der Waals surface area contributed by atoms with Crippen molar-refractivity contribution in [3.63, 3.8) is 0 Å². The zero-order valence-electron chi connectivity index (χ0n) is 9.17. The monoisotopic (exact) mass is 187 g/mol. The first-order valence-corrected chi connectivity index (χ1v) is 5.23. The Hall–Kier alpha value is -1.24. The Bertz CT molecular complexity index is 457. The second-order valence-electron chi connectivity index (χ2n) is 3.95. The number of nitrogens with zero attached hydrogens (tertiary/aromatic N) is 1. The van der Waals surface area contributed by atoms with Crippen LogP contribution in [0.3, 0.4) is 0 Å². The van der Waals surface area contributed by atoms with Gasteiger partial charge in [-0.1, -0.05) is 31.2 Å². The summed E-state index contributed by atoms with van der Waals surface area (Å²) in [6, 6.07) is 6.79. The Kier molecular flexibility index (Phi) is 2.32. The minimum Gasteiger partial charge on any atom is -0.374 e. The number of benzene rings is 1. The predicted octanol–water partition coefficient (Wildman–Crippen LogP) is 1.10. The molecule has 0 unspecified atom stereocenters. The van der Waals surface area contributed by atoms with E-state index in [1.54, 1.807) is 0 Å². The molecule has 0 fully saturated rings. The van der Waals surface area contributed by atoms with Gasteiger partial charge in [0.05, 0.1) is 0 Å². The molecule has 2 rings (SSSR count). The highest BCUT2D eigenvalue weighted by molar-refractivity contribution is 5.48. The zero-order valence-corrected chi connectivity index (χ0v) is 9.17. The van der Waals surface area contributed by atoms with Crippen LogP contribution in [0.1, 0.15) is 19.4 Å². The molecular formula is C13H17N. The molecule has 1 aliphatic rings. The predicted molar refractivity (Wildman–Crippen MR) is 61.2 cm³/mol. The fourth-order valence-electron chi connectivity index (χ4n) is 1.91. The van der Waals surface area contributed by atoms with Crippen molar-refractivity contribution in [1.82, 2.24) is 4.90 Å². The summed E-state index contributed by atoms with van der Waals surface area (Å²) in [6.07, 6.45) is 3.43. The maximum absolute atomic E-state index is 2.31. The first kappa shape index (κ1) is 9.32. The fourth-order valence-corrected chi connectivity index (χ4v) is 1.91. The zero-order chi connectivity index (χ0) is 10.1. The lowest BCUT2D eigenvalue weighted by molar-refractivity contribution is 0.533. The summed E-state index contributed by atoms with van der Waals surface area (Å²) in [6.45, 7) is 5.43. The largest absolute Gasteiger partial charge is 0.374 e. The Morgan fingerprint density at radius 3 is 2.86 bits per heavy atom. The molecule has 1 nitrogen and oxygen atoms in total. The molecule has 1 aromatic rings. The molecule has 14 heavy (non-hydrogen) atoms. The van der Waals surface area contributed by atoms with Crippen molar-refractivity contribution in [3.8, 4) is 0 Å². The summed E-state index contributed by atoms with van der Waals surface area (Å²) >= 11 is 0. The van der Waals surface area contributed by atoms with Crippen molar-refractivity contribution in [3.05, 3.63) is 34.2 Å². The molecule has 1 aliphatic heterocycles. The van der Waals surface area contributed by atoms with Crippen molar-refractivity contribution in [2.24, 2.45) is 0 Å². The maximum Gasteiger partial charge on any atom is 0.0362 e. The summed E-state index contributed by atoms with van der Waals surface area (Å²) in [4.78, 5) is 2.29. The average Bonchev–Trinajstić information content (AvgIpc) is 2.23. The number of hydrogen-bond acceptors (Lipinski definition) is 1. The third-order valence-electron chi connectivity index (χ3n) is 3.07. The molecule has 0 saturated carbocycles. The molecule has 0 bridgehead atoms. The molecule has 0 saturated heterocycles. The van der Waals surface area contributed by atoms with E-state index < -0.39 is 0 Å². The van der Waals surface area contributed by atoms with Crippen LogP contribution < -0.4 is 10.4 Å². The summed E-state index contributed by atoms with van der Waals surface area (Å²) in [5.74, 6) is 0. The lowest BCUT2D eigenvalue weighted by atomic mass is 10.1. The molecule has 1 heteroatoms. The van der Waals surface area contributed by atoms with Gasteiger partial charge in [-0.15, -0.1) is 0 Å². The minimum absolute atomic E-state index is 1.03. The van der Waals surface area contributed by atoms with E-state index in [1.165, 1.54) is 21.7 Å². The lowest BCUT2D eigenvalue weighted by Gasteiger charge is -2.21. The van der Waals surface area contributed by atoms with Crippen LogP contribution in [0, 0.1) is 0 Å². The normalized spacial score (nSPS) is 15.1. The van der Waals surface area contributed by atoms with Crippen molar-refractivity contribution in [1.29, 1.82) is 0 Å². The second-order valence-corrected chi connectivity index (χ2v) is 3.95. The average molecular weight is 187 g/mol. The van der Waals surface area contributed by atoms with E-state index in [-0.39, 0.29) is 0 Å². The standard InChI is InChI=1S/C13H17N/c1-4-11-5-6-13-10(2)14(3)8-7-12(13)9-11/h5-7,9H,4,8H2,1-3H3. The van der Waals surface area contributed by atoms with Crippen LogP contribution in [0.2, 0.25) is 0 Å². The molecule has 0 aliphatic carbocycles. The van der Waals surface area contributed by atoms with Gasteiger partial charge in [0.2, 0.25) is 0 Å². The van der Waals surface area contributed by atoms with Gasteiger partial charge in [-0.3, -0.25) is 0 Å². The highest BCUT2D eigenvalue weighted by atomic mass is 15.1. The molecule has 0 aromatic heterocycles. The van der Waals surface area contributed by atoms with Gasteiger partial charge in [0, 0.05) is 24.5 Å². The molecule has 0 spiro atoms. The van der Waals surface area contributed by atoms with Gasteiger partial charge in [0.1, 0.15) is 0 Å². The molecule has 1 heterocycles. The van der Waals surface area contributed by atoms with E-state index >= 15 is 0 Å². The van der Waals surface area contributed by atoms with Gasteiger partial charge >= 0.3 is 0 Å². The third kappa shape index (κ3) is 1.43. The first-order valence-electron chi connectivity index (χ1n) is 5.23. The van der Waals surface area contributed by atoms with Crippen molar-refractivity contribution >= 4 is 11.8 Å². The van der Waals surface area contributed by atoms with Crippen LogP contribution in [0.5, 0.6) is 0 Å². The van der Waals surface area contributed by atoms with Crippen molar-refractivity contribution in [2.75, 3.05) is 13.6 Å². The Morgan fingerprint density at radius 2 is 2.14 bits per heavy atom. The van der Waals surface area contributed by atoms with Gasteiger partial charge in [-0.25, -0.2) is 0 Å². The van der Waals surface area contributed by atoms with Crippen LogP contribution in [-0.4, -0.2) is 18.5 Å². The fraction of sp³-hybridized carbons (Fsp3) is 0.385. The smallest absolute Gasteiger partial charge is 0.0362 e. The van der Waals surface area contributed by atoms with E-state index in [1.807, 2.05) is 0 Å². The highest BCUT2D eigenvalue weighted by Gasteiger charge is 2.04. The van der Waals surface area contributed by atoms with Crippen LogP contribution in [0.4, 0.5) is 0 Å². The van der Waals surface area contributed by atoms with Crippen LogP contribution in [-0.2, 0) is 6.42 Å². The quantitative estimate of drug-likeness (QED) is 0.636. The first-order chi connectivity index (χ1) is 6.72. The molecule has 0 atom stereocenters. The third-order valence-corrected chi connectivity index (χ3v) is 3.07. The van der Waals surface area contributed by atoms with Crippen LogP contribution in [0.25, 0.3) is 11.8 Å². The number of rotatable bonds is 1. The van der Waals surface area contributed by atoms with E-state index in [0.717, 1.165) is 13.0 Å². The SMILES string of the molecule is CCc1ccc2c(c1)=CCN(C)C=2C. The summed E-state index contributed by atoms with van der Waals surface area (Å²) in [7, 11) is 2.14. The minimum atomic E-state index is 1.03.